The number of carbonyl (C=O) groups is 1. The van der Waals surface area contributed by atoms with Gasteiger partial charge in [0.1, 0.15) is 13.7 Å². The van der Waals surface area contributed by atoms with Gasteiger partial charge in [0.2, 0.25) is 0 Å². The number of oxime groups is 1. The molecular weight excluding hydrogens is 254 g/mol. The van der Waals surface area contributed by atoms with Crippen LogP contribution in [0.1, 0.15) is 12.0 Å². The molecule has 0 bridgehead atoms. The summed E-state index contributed by atoms with van der Waals surface area (Å²) in [6.07, 6.45) is 1.47. The molecule has 0 amide bonds. The third kappa shape index (κ3) is 4.22. The summed E-state index contributed by atoms with van der Waals surface area (Å²) in [6.45, 7) is 3.62. The fraction of sp³-hybridized carbons (Fsp3) is 0.231. The summed E-state index contributed by atoms with van der Waals surface area (Å²) in [5.74, 6) is -0.425. The van der Waals surface area contributed by atoms with E-state index in [1.165, 1.54) is 13.2 Å². The zero-order chi connectivity index (χ0) is 13.4. The Balaban J connectivity index is 2.85. The highest BCUT2D eigenvalue weighted by Crippen LogP contribution is 2.17. The first-order valence-corrected chi connectivity index (χ1v) is 5.59. The van der Waals surface area contributed by atoms with Crippen molar-refractivity contribution in [1.29, 1.82) is 0 Å². The molecule has 0 atom stereocenters. The Morgan fingerprint density at radius 1 is 1.67 bits per heavy atom. The molecule has 0 aliphatic carbocycles. The molecule has 0 saturated carbocycles. The lowest BCUT2D eigenvalue weighted by Gasteiger charge is -2.07. The number of esters is 1. The lowest BCUT2D eigenvalue weighted by atomic mass is 10.1. The number of nitrogens with zero attached hydrogens (tertiary/aromatic N) is 1. The highest BCUT2D eigenvalue weighted by atomic mass is 35.5. The van der Waals surface area contributed by atoms with Gasteiger partial charge in [-0.3, -0.25) is 4.79 Å². The molecule has 4 nitrogen and oxygen atoms in total. The molecule has 95 valence electrons. The van der Waals surface area contributed by atoms with E-state index in [9.17, 15) is 4.79 Å². The quantitative estimate of drug-likeness (QED) is 0.344. The maximum atomic E-state index is 11.5. The molecule has 0 unspecified atom stereocenters. The van der Waals surface area contributed by atoms with Crippen LogP contribution in [0.2, 0.25) is 5.02 Å². The van der Waals surface area contributed by atoms with Crippen LogP contribution in [0.25, 0.3) is 0 Å². The first kappa shape index (κ1) is 14.3. The zero-order valence-electron chi connectivity index (χ0n) is 9.98. The van der Waals surface area contributed by atoms with Gasteiger partial charge in [-0.2, -0.15) is 0 Å². The van der Waals surface area contributed by atoms with E-state index >= 15 is 0 Å². The normalized spacial score (nSPS) is 10.9. The Hall–Kier alpha value is -1.81. The van der Waals surface area contributed by atoms with Gasteiger partial charge in [0.05, 0.1) is 12.1 Å². The van der Waals surface area contributed by atoms with E-state index in [0.717, 1.165) is 0 Å². The van der Waals surface area contributed by atoms with E-state index in [2.05, 4.69) is 17.8 Å². The SMILES string of the molecule is C=CCOC(=O)CC(=NOC)c1c[c]ccc1Cl. The summed E-state index contributed by atoms with van der Waals surface area (Å²) < 4.78 is 4.88. The smallest absolute Gasteiger partial charge is 0.312 e. The fourth-order valence-corrected chi connectivity index (χ4v) is 1.49. The van der Waals surface area contributed by atoms with Gasteiger partial charge in [0.25, 0.3) is 0 Å². The van der Waals surface area contributed by atoms with Crippen LogP contribution in [0.4, 0.5) is 0 Å². The largest absolute Gasteiger partial charge is 0.461 e. The van der Waals surface area contributed by atoms with Crippen molar-refractivity contribution >= 4 is 23.3 Å². The van der Waals surface area contributed by atoms with Crippen molar-refractivity contribution in [2.75, 3.05) is 13.7 Å². The number of benzene rings is 1. The Morgan fingerprint density at radius 2 is 2.44 bits per heavy atom. The molecule has 5 heteroatoms. The van der Waals surface area contributed by atoms with Crippen molar-refractivity contribution in [3.05, 3.63) is 47.5 Å². The first-order valence-electron chi connectivity index (χ1n) is 5.21. The average Bonchev–Trinajstić information content (AvgIpc) is 2.36. The number of hydrogen-bond donors (Lipinski definition) is 0. The molecule has 0 N–H and O–H groups in total. The summed E-state index contributed by atoms with van der Waals surface area (Å²) in [7, 11) is 1.40. The van der Waals surface area contributed by atoms with Gasteiger partial charge in [-0.15, -0.1) is 0 Å². The van der Waals surface area contributed by atoms with Crippen LogP contribution < -0.4 is 0 Å². The minimum Gasteiger partial charge on any atom is -0.461 e. The second kappa shape index (κ2) is 7.50. The minimum absolute atomic E-state index is 0.0285. The topological polar surface area (TPSA) is 47.9 Å². The second-order valence-corrected chi connectivity index (χ2v) is 3.68. The van der Waals surface area contributed by atoms with E-state index in [0.29, 0.717) is 16.3 Å². The predicted molar refractivity (Wildman–Crippen MR) is 69.6 cm³/mol. The van der Waals surface area contributed by atoms with Crippen LogP contribution in [0.5, 0.6) is 0 Å². The second-order valence-electron chi connectivity index (χ2n) is 3.27. The minimum atomic E-state index is -0.425. The summed E-state index contributed by atoms with van der Waals surface area (Å²) in [6, 6.07) is 7.84. The van der Waals surface area contributed by atoms with Crippen LogP contribution in [0.15, 0.2) is 36.0 Å². The number of rotatable bonds is 6. The molecule has 1 rings (SSSR count). The maximum absolute atomic E-state index is 11.5. The molecule has 0 spiro atoms. The number of ether oxygens (including phenoxy) is 1. The molecule has 0 heterocycles. The molecule has 0 aromatic heterocycles. The van der Waals surface area contributed by atoms with E-state index in [4.69, 9.17) is 21.2 Å². The third-order valence-corrected chi connectivity index (χ3v) is 2.33. The van der Waals surface area contributed by atoms with E-state index in [1.807, 2.05) is 0 Å². The maximum Gasteiger partial charge on any atom is 0.312 e. The van der Waals surface area contributed by atoms with Crippen LogP contribution in [-0.2, 0) is 14.4 Å². The van der Waals surface area contributed by atoms with E-state index in [1.54, 1.807) is 18.2 Å². The molecule has 0 saturated heterocycles. The third-order valence-electron chi connectivity index (χ3n) is 2.00. The highest BCUT2D eigenvalue weighted by molar-refractivity contribution is 6.34. The predicted octanol–water partition coefficient (Wildman–Crippen LogP) is 2.61. The molecule has 0 fully saturated rings. The Bertz CT molecular complexity index is 457. The van der Waals surface area contributed by atoms with Gasteiger partial charge in [-0.05, 0) is 18.2 Å². The molecule has 0 aliphatic heterocycles. The number of hydrogen-bond acceptors (Lipinski definition) is 4. The highest BCUT2D eigenvalue weighted by Gasteiger charge is 2.14. The fourth-order valence-electron chi connectivity index (χ4n) is 1.26. The summed E-state index contributed by atoms with van der Waals surface area (Å²) >= 11 is 6.02. The van der Waals surface area contributed by atoms with Crippen LogP contribution in [0.3, 0.4) is 0 Å². The van der Waals surface area contributed by atoms with Crippen molar-refractivity contribution in [3.8, 4) is 0 Å². The first-order chi connectivity index (χ1) is 8.69. The van der Waals surface area contributed by atoms with Crippen molar-refractivity contribution in [2.45, 2.75) is 6.42 Å². The van der Waals surface area contributed by atoms with E-state index in [-0.39, 0.29) is 13.0 Å². The van der Waals surface area contributed by atoms with Crippen molar-refractivity contribution < 1.29 is 14.4 Å². The molecule has 1 radical (unpaired) electrons. The molecule has 0 aliphatic rings. The van der Waals surface area contributed by atoms with Gasteiger partial charge in [0.15, 0.2) is 0 Å². The van der Waals surface area contributed by atoms with Gasteiger partial charge in [0, 0.05) is 10.6 Å². The van der Waals surface area contributed by atoms with Gasteiger partial charge in [-0.1, -0.05) is 35.5 Å². The van der Waals surface area contributed by atoms with Crippen molar-refractivity contribution in [3.63, 3.8) is 0 Å². The lowest BCUT2D eigenvalue weighted by molar-refractivity contribution is -0.140. The summed E-state index contributed by atoms with van der Waals surface area (Å²) in [5, 5.41) is 4.26. The van der Waals surface area contributed by atoms with Crippen molar-refractivity contribution in [1.82, 2.24) is 0 Å². The Morgan fingerprint density at radius 3 is 3.06 bits per heavy atom. The van der Waals surface area contributed by atoms with Gasteiger partial charge in [-0.25, -0.2) is 0 Å². The van der Waals surface area contributed by atoms with Gasteiger partial charge < -0.3 is 9.57 Å². The van der Waals surface area contributed by atoms with E-state index < -0.39 is 5.97 Å². The Kier molecular flexibility index (Phi) is 5.94. The molecule has 1 aromatic rings. The Labute approximate surface area is 111 Å². The van der Waals surface area contributed by atoms with Crippen LogP contribution in [-0.4, -0.2) is 25.4 Å². The summed E-state index contributed by atoms with van der Waals surface area (Å²) in [5.41, 5.74) is 0.991. The average molecular weight is 267 g/mol. The van der Waals surface area contributed by atoms with Crippen molar-refractivity contribution in [2.24, 2.45) is 5.16 Å². The van der Waals surface area contributed by atoms with Crippen LogP contribution in [0, 0.1) is 6.07 Å². The lowest BCUT2D eigenvalue weighted by Crippen LogP contribution is -2.13. The van der Waals surface area contributed by atoms with Gasteiger partial charge >= 0.3 is 5.97 Å². The standard InChI is InChI=1S/C13H13ClNO3/c1-3-8-18-13(16)9-12(15-17-2)10-6-4-5-7-11(10)14/h3,5-7H,1,8-9H2,2H3. The molecule has 18 heavy (non-hydrogen) atoms. The zero-order valence-corrected chi connectivity index (χ0v) is 10.7. The summed E-state index contributed by atoms with van der Waals surface area (Å²) in [4.78, 5) is 16.2. The number of halogens is 1. The monoisotopic (exact) mass is 266 g/mol. The van der Waals surface area contributed by atoms with Crippen LogP contribution >= 0.6 is 11.6 Å². The number of carbonyl (C=O) groups excluding carboxylic acids is 1. The molecule has 1 aromatic carbocycles. The molecular formula is C13H13ClNO3.